The fourth-order valence-electron chi connectivity index (χ4n) is 4.35. The molecule has 0 aliphatic carbocycles. The Morgan fingerprint density at radius 3 is 2.42 bits per heavy atom. The molecule has 0 spiro atoms. The monoisotopic (exact) mass is 568 g/mol. The third kappa shape index (κ3) is 7.98. The first-order chi connectivity index (χ1) is 19.1. The molecule has 2 heterocycles. The first kappa shape index (κ1) is 29.4. The highest BCUT2D eigenvalue weighted by molar-refractivity contribution is 7.85. The maximum atomic E-state index is 14.2. The summed E-state index contributed by atoms with van der Waals surface area (Å²) in [7, 11) is -2.32. The van der Waals surface area contributed by atoms with E-state index in [1.54, 1.807) is 25.4 Å². The SMILES string of the molecule is COC1CCOC(c2cc(F)cc(OCc3ccc(-n4ccnc4C)cc3)c2)C1.Cc1ccc(S(=O)(=O)O)cc1. The smallest absolute Gasteiger partial charge is 0.294 e. The summed E-state index contributed by atoms with van der Waals surface area (Å²) in [6.45, 7) is 4.77. The van der Waals surface area contributed by atoms with E-state index in [4.69, 9.17) is 18.8 Å². The van der Waals surface area contributed by atoms with Gasteiger partial charge in [0.05, 0.1) is 17.1 Å². The zero-order chi connectivity index (χ0) is 28.7. The van der Waals surface area contributed by atoms with Crippen molar-refractivity contribution in [2.45, 2.75) is 50.4 Å². The molecule has 2 unspecified atom stereocenters. The van der Waals surface area contributed by atoms with E-state index < -0.39 is 10.1 Å². The summed E-state index contributed by atoms with van der Waals surface area (Å²) in [6.07, 6.45) is 5.24. The second-order valence-corrected chi connectivity index (χ2v) is 11.0. The van der Waals surface area contributed by atoms with Crippen LogP contribution in [-0.2, 0) is 26.2 Å². The molecule has 0 bridgehead atoms. The van der Waals surface area contributed by atoms with Gasteiger partial charge >= 0.3 is 0 Å². The molecule has 1 N–H and O–H groups in total. The lowest BCUT2D eigenvalue weighted by Crippen LogP contribution is -2.25. The van der Waals surface area contributed by atoms with Crippen molar-refractivity contribution in [3.63, 3.8) is 0 Å². The van der Waals surface area contributed by atoms with Crippen LogP contribution < -0.4 is 4.74 Å². The minimum absolute atomic E-state index is 0.0666. The van der Waals surface area contributed by atoms with Gasteiger partial charge in [-0.25, -0.2) is 9.37 Å². The van der Waals surface area contributed by atoms with E-state index in [0.29, 0.717) is 25.4 Å². The molecule has 1 aliphatic rings. The van der Waals surface area contributed by atoms with Crippen molar-refractivity contribution >= 4 is 10.1 Å². The highest BCUT2D eigenvalue weighted by Gasteiger charge is 2.24. The molecule has 0 saturated carbocycles. The molecule has 1 saturated heterocycles. The molecule has 212 valence electrons. The average Bonchev–Trinajstić information content (AvgIpc) is 3.38. The topological polar surface area (TPSA) is 99.9 Å². The van der Waals surface area contributed by atoms with Crippen LogP contribution in [0.4, 0.5) is 4.39 Å². The van der Waals surface area contributed by atoms with Gasteiger partial charge in [-0.2, -0.15) is 8.42 Å². The maximum absolute atomic E-state index is 14.2. The van der Waals surface area contributed by atoms with E-state index in [9.17, 15) is 12.8 Å². The van der Waals surface area contributed by atoms with Gasteiger partial charge in [-0.05, 0) is 67.8 Å². The summed E-state index contributed by atoms with van der Waals surface area (Å²) in [4.78, 5) is 4.17. The number of methoxy groups -OCH3 is 1. The number of rotatable bonds is 7. The fraction of sp³-hybridized carbons (Fsp3) is 0.300. The number of aryl methyl sites for hydroxylation is 2. The van der Waals surface area contributed by atoms with Gasteiger partial charge in [0.15, 0.2) is 0 Å². The number of aromatic nitrogens is 2. The van der Waals surface area contributed by atoms with E-state index in [2.05, 4.69) is 4.98 Å². The van der Waals surface area contributed by atoms with E-state index in [1.165, 1.54) is 24.3 Å². The van der Waals surface area contributed by atoms with Crippen LogP contribution in [-0.4, -0.2) is 42.3 Å². The van der Waals surface area contributed by atoms with Crippen molar-refractivity contribution in [3.8, 4) is 11.4 Å². The quantitative estimate of drug-likeness (QED) is 0.273. The largest absolute Gasteiger partial charge is 0.489 e. The van der Waals surface area contributed by atoms with Gasteiger partial charge in [-0.3, -0.25) is 4.55 Å². The fourth-order valence-corrected chi connectivity index (χ4v) is 4.83. The van der Waals surface area contributed by atoms with Crippen LogP contribution in [0.5, 0.6) is 5.75 Å². The standard InChI is InChI=1S/C23H25FN2O3.C7H8O3S/c1-16-25-8-9-26(16)20-5-3-17(4-6-20)15-29-22-12-18(11-19(24)13-22)23-14-21(27-2)7-10-28-23;1-6-2-4-7(5-3-6)11(8,9)10/h3-6,8-9,11-13,21,23H,7,10,14-15H2,1-2H3;2-5H,1H3,(H,8,9,10). The zero-order valence-corrected chi connectivity index (χ0v) is 23.5. The second kappa shape index (κ2) is 13.2. The second-order valence-electron chi connectivity index (χ2n) is 9.55. The molecule has 1 aromatic heterocycles. The van der Waals surface area contributed by atoms with Crippen molar-refractivity contribution in [2.24, 2.45) is 0 Å². The maximum Gasteiger partial charge on any atom is 0.294 e. The Labute approximate surface area is 234 Å². The van der Waals surface area contributed by atoms with Gasteiger partial charge in [0.1, 0.15) is 24.0 Å². The van der Waals surface area contributed by atoms with Gasteiger partial charge in [0.2, 0.25) is 0 Å². The van der Waals surface area contributed by atoms with Crippen molar-refractivity contribution in [3.05, 3.63) is 107 Å². The summed E-state index contributed by atoms with van der Waals surface area (Å²) in [5.41, 5.74) is 3.79. The molecule has 0 amide bonds. The van der Waals surface area contributed by atoms with Gasteiger partial charge in [-0.15, -0.1) is 0 Å². The van der Waals surface area contributed by atoms with Gasteiger partial charge in [-0.1, -0.05) is 29.8 Å². The van der Waals surface area contributed by atoms with Crippen LogP contribution in [0.2, 0.25) is 0 Å². The molecular weight excluding hydrogens is 535 g/mol. The van der Waals surface area contributed by atoms with Crippen molar-refractivity contribution in [1.82, 2.24) is 9.55 Å². The van der Waals surface area contributed by atoms with E-state index >= 15 is 0 Å². The predicted octanol–water partition coefficient (Wildman–Crippen LogP) is 6.01. The summed E-state index contributed by atoms with van der Waals surface area (Å²) >= 11 is 0. The number of ether oxygens (including phenoxy) is 3. The number of nitrogens with zero attached hydrogens (tertiary/aromatic N) is 2. The summed E-state index contributed by atoms with van der Waals surface area (Å²) in [5, 5.41) is 0. The summed E-state index contributed by atoms with van der Waals surface area (Å²) < 4.78 is 62.9. The molecule has 3 aromatic carbocycles. The van der Waals surface area contributed by atoms with Crippen LogP contribution in [0.25, 0.3) is 5.69 Å². The minimum atomic E-state index is -4.02. The Balaban J connectivity index is 0.000000283. The zero-order valence-electron chi connectivity index (χ0n) is 22.7. The van der Waals surface area contributed by atoms with Gasteiger partial charge in [0.25, 0.3) is 10.1 Å². The Morgan fingerprint density at radius 2 is 1.80 bits per heavy atom. The highest BCUT2D eigenvalue weighted by Crippen LogP contribution is 2.32. The van der Waals surface area contributed by atoms with Crippen molar-refractivity contribution < 1.29 is 31.6 Å². The Bertz CT molecular complexity index is 1500. The van der Waals surface area contributed by atoms with E-state index in [1.807, 2.05) is 54.9 Å². The van der Waals surface area contributed by atoms with Crippen LogP contribution >= 0.6 is 0 Å². The third-order valence-electron chi connectivity index (χ3n) is 6.60. The van der Waals surface area contributed by atoms with Crippen molar-refractivity contribution in [1.29, 1.82) is 0 Å². The van der Waals surface area contributed by atoms with Gasteiger partial charge < -0.3 is 18.8 Å². The van der Waals surface area contributed by atoms with E-state index in [-0.39, 0.29) is 22.9 Å². The lowest BCUT2D eigenvalue weighted by molar-refractivity contribution is -0.0600. The first-order valence-electron chi connectivity index (χ1n) is 12.8. The average molecular weight is 569 g/mol. The molecule has 40 heavy (non-hydrogen) atoms. The minimum Gasteiger partial charge on any atom is -0.489 e. The van der Waals surface area contributed by atoms with E-state index in [0.717, 1.165) is 34.6 Å². The molecule has 10 heteroatoms. The number of hydrogen-bond donors (Lipinski definition) is 1. The van der Waals surface area contributed by atoms with Crippen LogP contribution in [0.15, 0.2) is 84.0 Å². The summed E-state index contributed by atoms with van der Waals surface area (Å²) in [5.74, 6) is 1.10. The molecule has 2 atom stereocenters. The number of halogens is 1. The molecule has 4 aromatic rings. The lowest BCUT2D eigenvalue weighted by Gasteiger charge is -2.29. The van der Waals surface area contributed by atoms with Crippen molar-refractivity contribution in [2.75, 3.05) is 13.7 Å². The lowest BCUT2D eigenvalue weighted by atomic mass is 9.99. The van der Waals surface area contributed by atoms with Crippen LogP contribution in [0.1, 0.15) is 41.5 Å². The Hall–Kier alpha value is -3.57. The van der Waals surface area contributed by atoms with Gasteiger partial charge in [0, 0.05) is 44.3 Å². The van der Waals surface area contributed by atoms with Crippen LogP contribution in [0.3, 0.4) is 0 Å². The summed E-state index contributed by atoms with van der Waals surface area (Å²) in [6, 6.07) is 18.8. The molecule has 5 rings (SSSR count). The normalized spacial score (nSPS) is 17.1. The number of hydrogen-bond acceptors (Lipinski definition) is 6. The molecule has 0 radical (unpaired) electrons. The first-order valence-corrected chi connectivity index (χ1v) is 14.3. The number of imidazole rings is 1. The number of benzene rings is 3. The third-order valence-corrected chi connectivity index (χ3v) is 7.47. The molecular formula is C30H33FN2O6S. The molecule has 1 fully saturated rings. The molecule has 1 aliphatic heterocycles. The Kier molecular flexibility index (Phi) is 9.70. The predicted molar refractivity (Wildman–Crippen MR) is 149 cm³/mol. The highest BCUT2D eigenvalue weighted by atomic mass is 32.2. The Morgan fingerprint density at radius 1 is 1.07 bits per heavy atom. The van der Waals surface area contributed by atoms with Crippen LogP contribution in [0, 0.1) is 19.7 Å². The molecule has 8 nitrogen and oxygen atoms in total.